The Hall–Kier alpha value is -1.55. The number of rotatable bonds is 2. The maximum absolute atomic E-state index is 11.3. The van der Waals surface area contributed by atoms with Crippen molar-refractivity contribution < 1.29 is 9.59 Å². The Kier molecular flexibility index (Phi) is 3.68. The van der Waals surface area contributed by atoms with Gasteiger partial charge in [-0.25, -0.2) is 4.79 Å². The van der Waals surface area contributed by atoms with Crippen LogP contribution in [0.25, 0.3) is 0 Å². The molecule has 0 bridgehead atoms. The maximum atomic E-state index is 11.3. The minimum atomic E-state index is -0.545. The van der Waals surface area contributed by atoms with Crippen molar-refractivity contribution >= 4 is 28.6 Å². The van der Waals surface area contributed by atoms with Crippen LogP contribution in [0.2, 0.25) is 0 Å². The first kappa shape index (κ1) is 11.5. The summed E-state index contributed by atoms with van der Waals surface area (Å²) >= 11 is 5.31. The molecule has 0 unspecified atom stereocenters. The Morgan fingerprint density at radius 1 is 1.33 bits per heavy atom. The van der Waals surface area contributed by atoms with Crippen molar-refractivity contribution in [2.75, 3.05) is 19.4 Å². The molecule has 1 aromatic carbocycles. The third-order valence-corrected chi connectivity index (χ3v) is 1.97. The summed E-state index contributed by atoms with van der Waals surface area (Å²) in [5, 5.41) is 2.07. The third kappa shape index (κ3) is 3.25. The van der Waals surface area contributed by atoms with Crippen LogP contribution in [0.3, 0.4) is 0 Å². The predicted octanol–water partition coefficient (Wildman–Crippen LogP) is 2.16. The number of nitrogens with zero attached hydrogens (tertiary/aromatic N) is 1. The van der Waals surface area contributed by atoms with Crippen molar-refractivity contribution in [2.24, 2.45) is 0 Å². The number of carbonyl (C=O) groups excluding carboxylic acids is 2. The number of halogens is 1. The van der Waals surface area contributed by atoms with Crippen LogP contribution < -0.4 is 5.32 Å². The van der Waals surface area contributed by atoms with Crippen molar-refractivity contribution in [3.05, 3.63) is 29.8 Å². The molecule has 0 aliphatic carbocycles. The standard InChI is InChI=1S/C10H11ClN2O2/c1-13(2)10(15)12-8-5-3-4-7(6-8)9(11)14/h3-6H,1-2H3,(H,12,15). The van der Waals surface area contributed by atoms with Gasteiger partial charge in [-0.3, -0.25) is 4.79 Å². The zero-order valence-electron chi connectivity index (χ0n) is 8.45. The molecule has 15 heavy (non-hydrogen) atoms. The molecule has 0 spiro atoms. The number of amides is 2. The van der Waals surface area contributed by atoms with Gasteiger partial charge in [0.25, 0.3) is 5.24 Å². The minimum Gasteiger partial charge on any atom is -0.331 e. The van der Waals surface area contributed by atoms with Crippen molar-refractivity contribution in [3.63, 3.8) is 0 Å². The highest BCUT2D eigenvalue weighted by Gasteiger charge is 2.06. The fraction of sp³-hybridized carbons (Fsp3) is 0.200. The van der Waals surface area contributed by atoms with E-state index in [1.165, 1.54) is 11.0 Å². The number of nitrogens with one attached hydrogen (secondary N) is 1. The lowest BCUT2D eigenvalue weighted by Crippen LogP contribution is -2.27. The molecule has 0 aliphatic rings. The molecule has 5 heteroatoms. The van der Waals surface area contributed by atoms with Crippen LogP contribution in [0, 0.1) is 0 Å². The first-order valence-corrected chi connectivity index (χ1v) is 4.66. The van der Waals surface area contributed by atoms with E-state index in [9.17, 15) is 9.59 Å². The molecular weight excluding hydrogens is 216 g/mol. The summed E-state index contributed by atoms with van der Waals surface area (Å²) in [6.07, 6.45) is 0. The van der Waals surface area contributed by atoms with Gasteiger partial charge in [-0.15, -0.1) is 0 Å². The highest BCUT2D eigenvalue weighted by molar-refractivity contribution is 6.67. The average molecular weight is 227 g/mol. The fourth-order valence-corrected chi connectivity index (χ4v) is 1.07. The SMILES string of the molecule is CN(C)C(=O)Nc1cccc(C(=O)Cl)c1. The Balaban J connectivity index is 2.83. The molecule has 0 heterocycles. The molecule has 1 rings (SSSR count). The van der Waals surface area contributed by atoms with Gasteiger partial charge in [0.15, 0.2) is 0 Å². The topological polar surface area (TPSA) is 49.4 Å². The highest BCUT2D eigenvalue weighted by atomic mass is 35.5. The molecular formula is C10H11ClN2O2. The van der Waals surface area contributed by atoms with Crippen molar-refractivity contribution in [2.45, 2.75) is 0 Å². The summed E-state index contributed by atoms with van der Waals surface area (Å²) in [5.41, 5.74) is 0.897. The third-order valence-electron chi connectivity index (χ3n) is 1.75. The van der Waals surface area contributed by atoms with Gasteiger partial charge in [-0.1, -0.05) is 6.07 Å². The molecule has 80 valence electrons. The lowest BCUT2D eigenvalue weighted by atomic mass is 10.2. The van der Waals surface area contributed by atoms with Gasteiger partial charge in [-0.2, -0.15) is 0 Å². The number of benzene rings is 1. The second-order valence-electron chi connectivity index (χ2n) is 3.18. The van der Waals surface area contributed by atoms with Crippen LogP contribution in [0.15, 0.2) is 24.3 Å². The maximum Gasteiger partial charge on any atom is 0.321 e. The van der Waals surface area contributed by atoms with Gasteiger partial charge in [0.2, 0.25) is 0 Å². The lowest BCUT2D eigenvalue weighted by Gasteiger charge is -2.12. The van der Waals surface area contributed by atoms with Crippen molar-refractivity contribution in [1.82, 2.24) is 4.90 Å². The highest BCUT2D eigenvalue weighted by Crippen LogP contribution is 2.12. The number of urea groups is 1. The van der Waals surface area contributed by atoms with Gasteiger partial charge in [0.05, 0.1) is 0 Å². The first-order valence-electron chi connectivity index (χ1n) is 4.29. The van der Waals surface area contributed by atoms with Gasteiger partial charge >= 0.3 is 6.03 Å². The van der Waals surface area contributed by atoms with Gasteiger partial charge < -0.3 is 10.2 Å². The van der Waals surface area contributed by atoms with E-state index in [0.717, 1.165) is 0 Å². The van der Waals surface area contributed by atoms with Crippen LogP contribution in [-0.2, 0) is 0 Å². The molecule has 0 saturated heterocycles. The normalized spacial score (nSPS) is 9.53. The largest absolute Gasteiger partial charge is 0.331 e. The molecule has 0 radical (unpaired) electrons. The number of hydrogen-bond acceptors (Lipinski definition) is 2. The predicted molar refractivity (Wildman–Crippen MR) is 59.3 cm³/mol. The van der Waals surface area contributed by atoms with E-state index in [4.69, 9.17) is 11.6 Å². The Morgan fingerprint density at radius 3 is 2.53 bits per heavy atom. The summed E-state index contributed by atoms with van der Waals surface area (Å²) < 4.78 is 0. The van der Waals surface area contributed by atoms with Gasteiger partial charge in [0.1, 0.15) is 0 Å². The number of anilines is 1. The van der Waals surface area contributed by atoms with Gasteiger partial charge in [-0.05, 0) is 29.8 Å². The van der Waals surface area contributed by atoms with Gasteiger partial charge in [0, 0.05) is 25.3 Å². The summed E-state index contributed by atoms with van der Waals surface area (Å²) in [4.78, 5) is 23.5. The van der Waals surface area contributed by atoms with Crippen molar-refractivity contribution in [1.29, 1.82) is 0 Å². The number of carbonyl (C=O) groups is 2. The summed E-state index contributed by atoms with van der Waals surface area (Å²) in [5.74, 6) is 0. The smallest absolute Gasteiger partial charge is 0.321 e. The van der Waals surface area contributed by atoms with Crippen LogP contribution in [0.1, 0.15) is 10.4 Å². The van der Waals surface area contributed by atoms with Crippen LogP contribution >= 0.6 is 11.6 Å². The molecule has 1 N–H and O–H groups in total. The average Bonchev–Trinajstić information content (AvgIpc) is 2.18. The Morgan fingerprint density at radius 2 is 2.00 bits per heavy atom. The number of hydrogen-bond donors (Lipinski definition) is 1. The van der Waals surface area contributed by atoms with E-state index in [0.29, 0.717) is 11.3 Å². The first-order chi connectivity index (χ1) is 7.00. The zero-order chi connectivity index (χ0) is 11.4. The van der Waals surface area contributed by atoms with Crippen molar-refractivity contribution in [3.8, 4) is 0 Å². The van der Waals surface area contributed by atoms with E-state index in [1.54, 1.807) is 32.3 Å². The quantitative estimate of drug-likeness (QED) is 0.786. The molecule has 0 aliphatic heterocycles. The summed E-state index contributed by atoms with van der Waals surface area (Å²) in [7, 11) is 3.26. The van der Waals surface area contributed by atoms with E-state index >= 15 is 0 Å². The molecule has 4 nitrogen and oxygen atoms in total. The Bertz CT molecular complexity index is 391. The summed E-state index contributed by atoms with van der Waals surface area (Å²) in [6.45, 7) is 0. The van der Waals surface area contributed by atoms with E-state index < -0.39 is 5.24 Å². The second-order valence-corrected chi connectivity index (χ2v) is 3.52. The van der Waals surface area contributed by atoms with E-state index in [1.807, 2.05) is 0 Å². The second kappa shape index (κ2) is 4.79. The van der Waals surface area contributed by atoms with Crippen LogP contribution in [0.4, 0.5) is 10.5 Å². The van der Waals surface area contributed by atoms with Crippen LogP contribution in [0.5, 0.6) is 0 Å². The Labute approximate surface area is 92.8 Å². The molecule has 0 saturated carbocycles. The molecule has 0 fully saturated rings. The summed E-state index contributed by atoms with van der Waals surface area (Å²) in [6, 6.07) is 6.19. The van der Waals surface area contributed by atoms with Crippen LogP contribution in [-0.4, -0.2) is 30.3 Å². The minimum absolute atomic E-state index is 0.255. The molecule has 1 aromatic rings. The monoisotopic (exact) mass is 226 g/mol. The van der Waals surface area contributed by atoms with E-state index in [-0.39, 0.29) is 6.03 Å². The molecule has 2 amide bonds. The zero-order valence-corrected chi connectivity index (χ0v) is 9.21. The molecule has 0 atom stereocenters. The van der Waals surface area contributed by atoms with E-state index in [2.05, 4.69) is 5.32 Å². The lowest BCUT2D eigenvalue weighted by molar-refractivity contribution is 0.108. The molecule has 0 aromatic heterocycles. The fourth-order valence-electron chi connectivity index (χ4n) is 0.954.